The standard InChI is InChI=1S/C14H10F2O3/c15-11-7-6-10(8-12(11)16)19-13(14(17)18)9-4-2-1-3-5-9/h1-8,13H,(H,17,18). The van der Waals surface area contributed by atoms with Crippen molar-refractivity contribution >= 4 is 5.97 Å². The number of halogens is 2. The maximum atomic E-state index is 13.0. The lowest BCUT2D eigenvalue weighted by Gasteiger charge is -2.15. The molecule has 0 aromatic heterocycles. The summed E-state index contributed by atoms with van der Waals surface area (Å²) in [5, 5.41) is 9.12. The fourth-order valence-corrected chi connectivity index (χ4v) is 1.58. The third kappa shape index (κ3) is 3.07. The van der Waals surface area contributed by atoms with Crippen LogP contribution in [-0.4, -0.2) is 11.1 Å². The van der Waals surface area contributed by atoms with Gasteiger partial charge in [0, 0.05) is 11.6 Å². The molecule has 0 radical (unpaired) electrons. The zero-order chi connectivity index (χ0) is 13.8. The summed E-state index contributed by atoms with van der Waals surface area (Å²) in [6, 6.07) is 11.1. The van der Waals surface area contributed by atoms with Gasteiger partial charge in [-0.15, -0.1) is 0 Å². The first-order chi connectivity index (χ1) is 9.08. The molecule has 2 aromatic carbocycles. The molecule has 1 N–H and O–H groups in total. The van der Waals surface area contributed by atoms with Gasteiger partial charge in [-0.3, -0.25) is 0 Å². The van der Waals surface area contributed by atoms with Gasteiger partial charge in [-0.2, -0.15) is 0 Å². The molecule has 0 saturated carbocycles. The van der Waals surface area contributed by atoms with Gasteiger partial charge in [0.1, 0.15) is 5.75 Å². The van der Waals surface area contributed by atoms with E-state index in [2.05, 4.69) is 0 Å². The molecule has 19 heavy (non-hydrogen) atoms. The zero-order valence-electron chi connectivity index (χ0n) is 9.72. The summed E-state index contributed by atoms with van der Waals surface area (Å²) >= 11 is 0. The molecule has 0 aliphatic rings. The van der Waals surface area contributed by atoms with E-state index in [1.54, 1.807) is 30.3 Å². The fourth-order valence-electron chi connectivity index (χ4n) is 1.58. The number of benzene rings is 2. The van der Waals surface area contributed by atoms with Gasteiger partial charge in [0.2, 0.25) is 6.10 Å². The molecule has 0 amide bonds. The first-order valence-electron chi connectivity index (χ1n) is 5.47. The van der Waals surface area contributed by atoms with Gasteiger partial charge in [-0.05, 0) is 12.1 Å². The molecule has 2 rings (SSSR count). The van der Waals surface area contributed by atoms with E-state index < -0.39 is 23.7 Å². The van der Waals surface area contributed by atoms with Crippen LogP contribution in [0.2, 0.25) is 0 Å². The minimum atomic E-state index is -1.27. The largest absolute Gasteiger partial charge is 0.478 e. The van der Waals surface area contributed by atoms with Gasteiger partial charge in [0.25, 0.3) is 0 Å². The van der Waals surface area contributed by atoms with Crippen LogP contribution in [0.5, 0.6) is 5.75 Å². The highest BCUT2D eigenvalue weighted by Gasteiger charge is 2.22. The van der Waals surface area contributed by atoms with Crippen molar-refractivity contribution in [2.24, 2.45) is 0 Å². The Morgan fingerprint density at radius 3 is 2.32 bits per heavy atom. The number of hydrogen-bond acceptors (Lipinski definition) is 2. The second-order valence-electron chi connectivity index (χ2n) is 3.82. The lowest BCUT2D eigenvalue weighted by atomic mass is 10.1. The van der Waals surface area contributed by atoms with Crippen LogP contribution < -0.4 is 4.74 Å². The molecule has 0 fully saturated rings. The van der Waals surface area contributed by atoms with Gasteiger partial charge < -0.3 is 9.84 Å². The second kappa shape index (κ2) is 5.48. The average Bonchev–Trinajstić information content (AvgIpc) is 2.40. The van der Waals surface area contributed by atoms with E-state index in [9.17, 15) is 13.6 Å². The lowest BCUT2D eigenvalue weighted by molar-refractivity contribution is -0.145. The molecular weight excluding hydrogens is 254 g/mol. The molecule has 3 nitrogen and oxygen atoms in total. The molecule has 98 valence electrons. The molecule has 0 spiro atoms. The molecule has 1 unspecified atom stereocenters. The van der Waals surface area contributed by atoms with Crippen molar-refractivity contribution in [1.29, 1.82) is 0 Å². The van der Waals surface area contributed by atoms with Crippen molar-refractivity contribution in [3.63, 3.8) is 0 Å². The normalized spacial score (nSPS) is 11.9. The van der Waals surface area contributed by atoms with Gasteiger partial charge in [0.05, 0.1) is 0 Å². The van der Waals surface area contributed by atoms with Crippen molar-refractivity contribution in [2.75, 3.05) is 0 Å². The van der Waals surface area contributed by atoms with E-state index in [-0.39, 0.29) is 5.75 Å². The van der Waals surface area contributed by atoms with Crippen LogP contribution in [0.3, 0.4) is 0 Å². The Hall–Kier alpha value is -2.43. The highest BCUT2D eigenvalue weighted by Crippen LogP contribution is 2.23. The van der Waals surface area contributed by atoms with Crippen LogP contribution in [0.15, 0.2) is 48.5 Å². The van der Waals surface area contributed by atoms with Gasteiger partial charge in [0.15, 0.2) is 11.6 Å². The van der Waals surface area contributed by atoms with Crippen molar-refractivity contribution in [2.45, 2.75) is 6.10 Å². The van der Waals surface area contributed by atoms with E-state index in [1.807, 2.05) is 0 Å². The summed E-state index contributed by atoms with van der Waals surface area (Å²) in [5.74, 6) is -3.36. The van der Waals surface area contributed by atoms with E-state index in [1.165, 1.54) is 6.07 Å². The summed E-state index contributed by atoms with van der Waals surface area (Å²) in [4.78, 5) is 11.2. The topological polar surface area (TPSA) is 46.5 Å². The van der Waals surface area contributed by atoms with Crippen molar-refractivity contribution < 1.29 is 23.4 Å². The van der Waals surface area contributed by atoms with Gasteiger partial charge in [-0.1, -0.05) is 30.3 Å². The molecule has 0 bridgehead atoms. The maximum absolute atomic E-state index is 13.0. The SMILES string of the molecule is O=C(O)C(Oc1ccc(F)c(F)c1)c1ccccc1. The lowest BCUT2D eigenvalue weighted by Crippen LogP contribution is -2.18. The van der Waals surface area contributed by atoms with Crippen molar-refractivity contribution in [3.8, 4) is 5.75 Å². The third-order valence-electron chi connectivity index (χ3n) is 2.47. The third-order valence-corrected chi connectivity index (χ3v) is 2.47. The maximum Gasteiger partial charge on any atom is 0.349 e. The van der Waals surface area contributed by atoms with Crippen LogP contribution in [0.1, 0.15) is 11.7 Å². The molecule has 0 saturated heterocycles. The number of carboxylic acids is 1. The molecule has 0 heterocycles. The van der Waals surface area contributed by atoms with Crippen LogP contribution >= 0.6 is 0 Å². The predicted octanol–water partition coefficient (Wildman–Crippen LogP) is 3.17. The highest BCUT2D eigenvalue weighted by molar-refractivity contribution is 5.74. The molecular formula is C14H10F2O3. The van der Waals surface area contributed by atoms with E-state index >= 15 is 0 Å². The Morgan fingerprint density at radius 2 is 1.74 bits per heavy atom. The first kappa shape index (κ1) is 13.0. The van der Waals surface area contributed by atoms with E-state index in [0.717, 1.165) is 12.1 Å². The van der Waals surface area contributed by atoms with Crippen LogP contribution in [0.25, 0.3) is 0 Å². The number of rotatable bonds is 4. The molecule has 2 aromatic rings. The Kier molecular flexibility index (Phi) is 3.75. The van der Waals surface area contributed by atoms with Crippen LogP contribution in [0.4, 0.5) is 8.78 Å². The summed E-state index contributed by atoms with van der Waals surface area (Å²) in [6.45, 7) is 0. The predicted molar refractivity (Wildman–Crippen MR) is 63.8 cm³/mol. The zero-order valence-corrected chi connectivity index (χ0v) is 9.72. The number of hydrogen-bond donors (Lipinski definition) is 1. The summed E-state index contributed by atoms with van der Waals surface area (Å²) in [6.07, 6.45) is -1.27. The Balaban J connectivity index is 2.27. The summed E-state index contributed by atoms with van der Waals surface area (Å²) < 4.78 is 31.0. The summed E-state index contributed by atoms with van der Waals surface area (Å²) in [5.41, 5.74) is 0.416. The molecule has 1 atom stereocenters. The Labute approximate surface area is 108 Å². The second-order valence-corrected chi connectivity index (χ2v) is 3.82. The highest BCUT2D eigenvalue weighted by atomic mass is 19.2. The number of ether oxygens (including phenoxy) is 1. The quantitative estimate of drug-likeness (QED) is 0.922. The minimum Gasteiger partial charge on any atom is -0.478 e. The Bertz CT molecular complexity index is 584. The molecule has 0 aliphatic carbocycles. The Morgan fingerprint density at radius 1 is 1.05 bits per heavy atom. The minimum absolute atomic E-state index is 0.0462. The van der Waals surface area contributed by atoms with Crippen LogP contribution in [0, 0.1) is 11.6 Å². The van der Waals surface area contributed by atoms with Gasteiger partial charge >= 0.3 is 5.97 Å². The van der Waals surface area contributed by atoms with E-state index in [4.69, 9.17) is 9.84 Å². The van der Waals surface area contributed by atoms with E-state index in [0.29, 0.717) is 5.56 Å². The average molecular weight is 264 g/mol. The van der Waals surface area contributed by atoms with Crippen molar-refractivity contribution in [3.05, 3.63) is 65.7 Å². The first-order valence-corrected chi connectivity index (χ1v) is 5.47. The van der Waals surface area contributed by atoms with Crippen molar-refractivity contribution in [1.82, 2.24) is 0 Å². The number of aliphatic carboxylic acids is 1. The fraction of sp³-hybridized carbons (Fsp3) is 0.0714. The van der Waals surface area contributed by atoms with Crippen LogP contribution in [-0.2, 0) is 4.79 Å². The number of carboxylic acid groups (broad SMARTS) is 1. The molecule has 0 aliphatic heterocycles. The smallest absolute Gasteiger partial charge is 0.349 e. The number of carbonyl (C=O) groups is 1. The monoisotopic (exact) mass is 264 g/mol. The summed E-state index contributed by atoms with van der Waals surface area (Å²) in [7, 11) is 0. The molecule has 5 heteroatoms. The van der Waals surface area contributed by atoms with Gasteiger partial charge in [-0.25, -0.2) is 13.6 Å².